The largest absolute Gasteiger partial charge is 0.452 e. The number of benzene rings is 1. The topological polar surface area (TPSA) is 103 Å². The lowest BCUT2D eigenvalue weighted by Gasteiger charge is -2.09. The Bertz CT molecular complexity index is 933. The van der Waals surface area contributed by atoms with E-state index in [1.165, 1.54) is 18.2 Å². The monoisotopic (exact) mass is 435 g/mol. The van der Waals surface area contributed by atoms with E-state index in [-0.39, 0.29) is 5.69 Å². The van der Waals surface area contributed by atoms with E-state index in [2.05, 4.69) is 25.8 Å². The fourth-order valence-electron chi connectivity index (χ4n) is 2.99. The highest BCUT2D eigenvalue weighted by atomic mass is 79.9. The number of amides is 1. The summed E-state index contributed by atoms with van der Waals surface area (Å²) >= 11 is 3.17. The predicted octanol–water partition coefficient (Wildman–Crippen LogP) is 3.91. The van der Waals surface area contributed by atoms with Crippen LogP contribution in [-0.4, -0.2) is 28.0 Å². The van der Waals surface area contributed by atoms with Gasteiger partial charge in [-0.25, -0.2) is 4.79 Å². The van der Waals surface area contributed by atoms with Crippen LogP contribution in [0.5, 0.6) is 0 Å². The van der Waals surface area contributed by atoms with Crippen LogP contribution >= 0.6 is 15.9 Å². The van der Waals surface area contributed by atoms with E-state index in [0.29, 0.717) is 21.8 Å². The van der Waals surface area contributed by atoms with Gasteiger partial charge in [0.05, 0.1) is 16.2 Å². The van der Waals surface area contributed by atoms with Gasteiger partial charge in [-0.1, -0.05) is 0 Å². The van der Waals surface area contributed by atoms with Crippen LogP contribution < -0.4 is 5.32 Å². The number of ether oxygens (including phenoxy) is 1. The van der Waals surface area contributed by atoms with Crippen LogP contribution in [0.4, 0.5) is 11.4 Å². The van der Waals surface area contributed by atoms with Gasteiger partial charge in [-0.2, -0.15) is 0 Å². The first-order valence-corrected chi connectivity index (χ1v) is 9.16. The number of carbonyl (C=O) groups is 2. The van der Waals surface area contributed by atoms with Crippen molar-refractivity contribution in [3.8, 4) is 0 Å². The van der Waals surface area contributed by atoms with Gasteiger partial charge in [-0.3, -0.25) is 14.9 Å². The zero-order chi connectivity index (χ0) is 19.7. The number of nitrogens with one attached hydrogen (secondary N) is 1. The van der Waals surface area contributed by atoms with Gasteiger partial charge in [0.1, 0.15) is 0 Å². The van der Waals surface area contributed by atoms with E-state index in [4.69, 9.17) is 4.74 Å². The van der Waals surface area contributed by atoms with Crippen molar-refractivity contribution in [1.82, 2.24) is 4.57 Å². The maximum atomic E-state index is 12.3. The average molecular weight is 436 g/mol. The maximum absolute atomic E-state index is 12.3. The summed E-state index contributed by atoms with van der Waals surface area (Å²) in [6.45, 7) is 3.37. The minimum absolute atomic E-state index is 0.0997. The Morgan fingerprint density at radius 3 is 2.63 bits per heavy atom. The summed E-state index contributed by atoms with van der Waals surface area (Å²) in [4.78, 5) is 34.6. The van der Waals surface area contributed by atoms with Crippen LogP contribution in [0.15, 0.2) is 28.7 Å². The van der Waals surface area contributed by atoms with Gasteiger partial charge >= 0.3 is 5.97 Å². The fourth-order valence-corrected chi connectivity index (χ4v) is 3.46. The van der Waals surface area contributed by atoms with Crippen LogP contribution in [0, 0.1) is 24.0 Å². The lowest BCUT2D eigenvalue weighted by Crippen LogP contribution is -2.21. The lowest BCUT2D eigenvalue weighted by atomic mass is 10.2. The molecule has 2 aromatic rings. The third kappa shape index (κ3) is 4.19. The third-order valence-electron chi connectivity index (χ3n) is 4.39. The summed E-state index contributed by atoms with van der Waals surface area (Å²) in [5.74, 6) is -1.08. The molecule has 142 valence electrons. The van der Waals surface area contributed by atoms with E-state index in [0.717, 1.165) is 24.2 Å². The molecule has 0 aliphatic heterocycles. The molecule has 1 saturated carbocycles. The molecule has 1 N–H and O–H groups in total. The Morgan fingerprint density at radius 1 is 1.33 bits per heavy atom. The summed E-state index contributed by atoms with van der Waals surface area (Å²) in [6.07, 6.45) is 2.22. The summed E-state index contributed by atoms with van der Waals surface area (Å²) in [5, 5.41) is 13.3. The van der Waals surface area contributed by atoms with Crippen molar-refractivity contribution >= 4 is 39.2 Å². The number of rotatable bonds is 6. The minimum Gasteiger partial charge on any atom is -0.452 e. The highest BCUT2D eigenvalue weighted by Gasteiger charge is 2.28. The minimum atomic E-state index is -0.548. The first-order valence-electron chi connectivity index (χ1n) is 8.37. The van der Waals surface area contributed by atoms with Crippen molar-refractivity contribution in [2.45, 2.75) is 32.7 Å². The Morgan fingerprint density at radius 2 is 2.04 bits per heavy atom. The lowest BCUT2D eigenvalue weighted by molar-refractivity contribution is -0.384. The number of nitrogens with zero attached hydrogens (tertiary/aromatic N) is 2. The molecule has 1 fully saturated rings. The van der Waals surface area contributed by atoms with Crippen molar-refractivity contribution in [1.29, 1.82) is 0 Å². The molecule has 3 rings (SSSR count). The van der Waals surface area contributed by atoms with Gasteiger partial charge in [0.15, 0.2) is 6.61 Å². The van der Waals surface area contributed by atoms with Crippen LogP contribution in [0.2, 0.25) is 0 Å². The van der Waals surface area contributed by atoms with Crippen molar-refractivity contribution in [3.05, 3.63) is 55.8 Å². The average Bonchev–Trinajstić information content (AvgIpc) is 3.39. The first-order chi connectivity index (χ1) is 12.8. The van der Waals surface area contributed by atoms with Gasteiger partial charge in [0, 0.05) is 34.0 Å². The van der Waals surface area contributed by atoms with Crippen molar-refractivity contribution in [2.75, 3.05) is 11.9 Å². The molecule has 1 aliphatic carbocycles. The number of nitro benzene ring substituents is 1. The normalized spacial score (nSPS) is 13.3. The Kier molecular flexibility index (Phi) is 5.31. The molecule has 27 heavy (non-hydrogen) atoms. The first kappa shape index (κ1) is 19.1. The van der Waals surface area contributed by atoms with E-state index >= 15 is 0 Å². The van der Waals surface area contributed by atoms with Gasteiger partial charge in [0.25, 0.3) is 11.6 Å². The van der Waals surface area contributed by atoms with Gasteiger partial charge in [-0.05, 0) is 54.8 Å². The van der Waals surface area contributed by atoms with Crippen molar-refractivity contribution < 1.29 is 19.2 Å². The number of nitro groups is 1. The molecular formula is C18H18BrN3O5. The SMILES string of the molecule is Cc1cc(C(=O)OCC(=O)Nc2ccc([N+](=O)[O-])cc2Br)c(C)n1C1CC1. The molecule has 8 nitrogen and oxygen atoms in total. The van der Waals surface area contributed by atoms with Gasteiger partial charge in [-0.15, -0.1) is 0 Å². The summed E-state index contributed by atoms with van der Waals surface area (Å²) < 4.78 is 7.62. The van der Waals surface area contributed by atoms with E-state index in [9.17, 15) is 19.7 Å². The van der Waals surface area contributed by atoms with Crippen LogP contribution in [-0.2, 0) is 9.53 Å². The summed E-state index contributed by atoms with van der Waals surface area (Å²) in [5.41, 5.74) is 2.56. The number of anilines is 1. The van der Waals surface area contributed by atoms with Gasteiger partial charge in [0.2, 0.25) is 0 Å². The molecule has 1 heterocycles. The van der Waals surface area contributed by atoms with E-state index < -0.39 is 23.4 Å². The van der Waals surface area contributed by atoms with Gasteiger partial charge < -0.3 is 14.6 Å². The number of esters is 1. The highest BCUT2D eigenvalue weighted by molar-refractivity contribution is 9.10. The standard InChI is InChI=1S/C18H18BrN3O5/c1-10-7-14(11(2)21(10)12-3-4-12)18(24)27-9-17(23)20-16-6-5-13(22(25)26)8-15(16)19/h5-8,12H,3-4,9H2,1-2H3,(H,20,23). The molecular weight excluding hydrogens is 418 g/mol. The Balaban J connectivity index is 1.60. The second kappa shape index (κ2) is 7.51. The molecule has 0 spiro atoms. The molecule has 1 aromatic heterocycles. The second-order valence-corrected chi connectivity index (χ2v) is 7.29. The Labute approximate surface area is 163 Å². The molecule has 9 heteroatoms. The smallest absolute Gasteiger partial charge is 0.340 e. The number of halogens is 1. The van der Waals surface area contributed by atoms with Crippen molar-refractivity contribution in [2.24, 2.45) is 0 Å². The second-order valence-electron chi connectivity index (χ2n) is 6.43. The highest BCUT2D eigenvalue weighted by Crippen LogP contribution is 2.38. The molecule has 0 saturated heterocycles. The van der Waals surface area contributed by atoms with E-state index in [1.54, 1.807) is 6.07 Å². The molecule has 1 aromatic carbocycles. The fraction of sp³-hybridized carbons (Fsp3) is 0.333. The molecule has 0 atom stereocenters. The Hall–Kier alpha value is -2.68. The molecule has 0 unspecified atom stereocenters. The number of hydrogen-bond donors (Lipinski definition) is 1. The van der Waals surface area contributed by atoms with Crippen LogP contribution in [0.25, 0.3) is 0 Å². The molecule has 1 aliphatic rings. The molecule has 0 radical (unpaired) electrons. The summed E-state index contributed by atoms with van der Waals surface area (Å²) in [7, 11) is 0. The number of non-ortho nitro benzene ring substituents is 1. The third-order valence-corrected chi connectivity index (χ3v) is 5.04. The zero-order valence-corrected chi connectivity index (χ0v) is 16.4. The van der Waals surface area contributed by atoms with Crippen LogP contribution in [0.3, 0.4) is 0 Å². The number of carbonyl (C=O) groups excluding carboxylic acids is 2. The predicted molar refractivity (Wildman–Crippen MR) is 102 cm³/mol. The zero-order valence-electron chi connectivity index (χ0n) is 14.8. The molecule has 0 bridgehead atoms. The number of aryl methyl sites for hydroxylation is 1. The quantitative estimate of drug-likeness (QED) is 0.420. The van der Waals surface area contributed by atoms with Crippen molar-refractivity contribution in [3.63, 3.8) is 0 Å². The van der Waals surface area contributed by atoms with E-state index in [1.807, 2.05) is 13.8 Å². The number of hydrogen-bond acceptors (Lipinski definition) is 5. The number of aromatic nitrogens is 1. The van der Waals surface area contributed by atoms with Crippen LogP contribution in [0.1, 0.15) is 40.6 Å². The maximum Gasteiger partial charge on any atom is 0.340 e. The molecule has 1 amide bonds. The summed E-state index contributed by atoms with van der Waals surface area (Å²) in [6, 6.07) is 6.20.